The van der Waals surface area contributed by atoms with Crippen molar-refractivity contribution in [3.63, 3.8) is 0 Å². The molecule has 294 valence electrons. The molecule has 1 aliphatic rings. The number of rotatable bonds is 6. The highest BCUT2D eigenvalue weighted by Crippen LogP contribution is 2.57. The Balaban J connectivity index is 1.08. The first-order valence-corrected chi connectivity index (χ1v) is 21.5. The van der Waals surface area contributed by atoms with E-state index in [2.05, 4.69) is 217 Å². The lowest BCUT2D eigenvalue weighted by Crippen LogP contribution is -2.28. The van der Waals surface area contributed by atoms with E-state index in [4.69, 9.17) is 14.4 Å². The van der Waals surface area contributed by atoms with E-state index in [1.54, 1.807) is 0 Å². The lowest BCUT2D eigenvalue weighted by atomic mass is 9.67. The molecule has 0 atom stereocenters. The summed E-state index contributed by atoms with van der Waals surface area (Å²) < 4.78 is 9.51. The molecular weight excluding hydrogens is 767 g/mol. The van der Waals surface area contributed by atoms with Crippen molar-refractivity contribution in [3.05, 3.63) is 247 Å². The minimum absolute atomic E-state index is 0.528. The van der Waals surface area contributed by atoms with Crippen molar-refractivity contribution in [2.45, 2.75) is 5.41 Å². The zero-order valence-electron chi connectivity index (χ0n) is 34.1. The number of benzene rings is 9. The first-order valence-electron chi connectivity index (χ1n) is 21.5. The predicted molar refractivity (Wildman–Crippen MR) is 257 cm³/mol. The van der Waals surface area contributed by atoms with Gasteiger partial charge in [0.15, 0.2) is 11.4 Å². The largest absolute Gasteiger partial charge is 0.454 e. The summed E-state index contributed by atoms with van der Waals surface area (Å²) in [4.78, 5) is 10.5. The molecule has 3 aromatic heterocycles. The van der Waals surface area contributed by atoms with Gasteiger partial charge >= 0.3 is 0 Å². The summed E-state index contributed by atoms with van der Waals surface area (Å²) in [5, 5.41) is 4.31. The fourth-order valence-electron chi connectivity index (χ4n) is 10.4. The van der Waals surface area contributed by atoms with Crippen molar-refractivity contribution in [2.24, 2.45) is 0 Å². The maximum atomic E-state index is 7.10. The predicted octanol–water partition coefficient (Wildman–Crippen LogP) is 14.8. The van der Waals surface area contributed by atoms with Gasteiger partial charge in [-0.05, 0) is 69.8 Å². The van der Waals surface area contributed by atoms with Gasteiger partial charge in [-0.3, -0.25) is 0 Å². The Morgan fingerprint density at radius 2 is 0.984 bits per heavy atom. The Morgan fingerprint density at radius 3 is 1.68 bits per heavy atom. The summed E-state index contributed by atoms with van der Waals surface area (Å²) in [6.07, 6.45) is 0. The SMILES string of the molecule is c1ccc(-c2cc(-c3ccccc3)nc(-c3cccc4oc5c(ccc6c7ccccc7n(-c7ccc8c(c7)C(c7ccccc7)(c7ccccc7)c7ccccc7-8)c65)c34)n2)cc1. The van der Waals surface area contributed by atoms with Gasteiger partial charge in [0.2, 0.25) is 0 Å². The van der Waals surface area contributed by atoms with Crippen molar-refractivity contribution >= 4 is 43.7 Å². The van der Waals surface area contributed by atoms with Crippen molar-refractivity contribution in [2.75, 3.05) is 0 Å². The molecule has 3 heterocycles. The van der Waals surface area contributed by atoms with Crippen LogP contribution in [0.4, 0.5) is 0 Å². The summed E-state index contributed by atoms with van der Waals surface area (Å²) in [5.41, 5.74) is 16.6. The average molecular weight is 804 g/mol. The molecule has 0 radical (unpaired) electrons. The average Bonchev–Trinajstić information content (AvgIpc) is 4.01. The van der Waals surface area contributed by atoms with Crippen LogP contribution < -0.4 is 0 Å². The number of aromatic nitrogens is 3. The second kappa shape index (κ2) is 13.8. The third-order valence-corrected chi connectivity index (χ3v) is 13.1. The van der Waals surface area contributed by atoms with Crippen LogP contribution in [0.1, 0.15) is 22.3 Å². The highest BCUT2D eigenvalue weighted by Gasteiger charge is 2.46. The summed E-state index contributed by atoms with van der Waals surface area (Å²) in [5.74, 6) is 0.653. The Labute approximate surface area is 364 Å². The Morgan fingerprint density at radius 1 is 0.413 bits per heavy atom. The zero-order valence-corrected chi connectivity index (χ0v) is 34.1. The molecule has 13 rings (SSSR count). The van der Waals surface area contributed by atoms with E-state index in [-0.39, 0.29) is 0 Å². The Bertz CT molecular complexity index is 3620. The van der Waals surface area contributed by atoms with Crippen LogP contribution in [0.3, 0.4) is 0 Å². The first kappa shape index (κ1) is 35.4. The fourth-order valence-corrected chi connectivity index (χ4v) is 10.4. The molecule has 0 N–H and O–H groups in total. The van der Waals surface area contributed by atoms with Gasteiger partial charge in [0.1, 0.15) is 5.58 Å². The first-order chi connectivity index (χ1) is 31.3. The van der Waals surface area contributed by atoms with E-state index in [0.29, 0.717) is 5.82 Å². The highest BCUT2D eigenvalue weighted by molar-refractivity contribution is 6.23. The molecule has 0 amide bonds. The normalized spacial score (nSPS) is 12.9. The molecule has 0 bridgehead atoms. The van der Waals surface area contributed by atoms with Gasteiger partial charge < -0.3 is 8.98 Å². The molecule has 0 fully saturated rings. The molecule has 0 aliphatic heterocycles. The zero-order chi connectivity index (χ0) is 41.5. The van der Waals surface area contributed by atoms with Crippen LogP contribution in [0.25, 0.3) is 94.5 Å². The lowest BCUT2D eigenvalue weighted by molar-refractivity contribution is 0.671. The molecule has 4 heteroatoms. The second-order valence-corrected chi connectivity index (χ2v) is 16.4. The van der Waals surface area contributed by atoms with Crippen LogP contribution in [-0.2, 0) is 5.41 Å². The Kier molecular flexibility index (Phi) is 7.79. The molecular formula is C59H37N3O. The second-order valence-electron chi connectivity index (χ2n) is 16.4. The van der Waals surface area contributed by atoms with Crippen molar-refractivity contribution in [1.82, 2.24) is 14.5 Å². The quantitative estimate of drug-likeness (QED) is 0.168. The van der Waals surface area contributed by atoms with Crippen molar-refractivity contribution < 1.29 is 4.42 Å². The van der Waals surface area contributed by atoms with Gasteiger partial charge in [-0.1, -0.05) is 188 Å². The minimum atomic E-state index is -0.528. The molecule has 1 aliphatic carbocycles. The lowest BCUT2D eigenvalue weighted by Gasteiger charge is -2.34. The molecule has 0 unspecified atom stereocenters. The number of para-hydroxylation sites is 1. The van der Waals surface area contributed by atoms with Gasteiger partial charge in [0.05, 0.1) is 27.8 Å². The fraction of sp³-hybridized carbons (Fsp3) is 0.0169. The number of furan rings is 1. The van der Waals surface area contributed by atoms with E-state index in [1.165, 1.54) is 38.8 Å². The molecule has 4 nitrogen and oxygen atoms in total. The minimum Gasteiger partial charge on any atom is -0.454 e. The van der Waals surface area contributed by atoms with Gasteiger partial charge in [-0.15, -0.1) is 0 Å². The van der Waals surface area contributed by atoms with Crippen LogP contribution in [-0.4, -0.2) is 14.5 Å². The summed E-state index contributed by atoms with van der Waals surface area (Å²) in [7, 11) is 0. The monoisotopic (exact) mass is 803 g/mol. The topological polar surface area (TPSA) is 43.9 Å². The standard InChI is InChI=1S/C59H37N3O/c1-5-18-38(19-6-1)51-37-52(39-20-7-2-8-21-39)61-58(60-51)48-28-17-31-54-55(48)47-35-34-46-45-27-14-16-30-53(45)62(56(46)57(47)63-54)42-32-33-44-43-26-13-15-29-49(43)59(50(44)36-42,40-22-9-3-10-23-40)41-24-11-4-12-25-41/h1-37H. The summed E-state index contributed by atoms with van der Waals surface area (Å²) in [6, 6.07) is 80.2. The van der Waals surface area contributed by atoms with Crippen LogP contribution in [0.15, 0.2) is 229 Å². The number of nitrogens with zero attached hydrogens (tertiary/aromatic N) is 3. The highest BCUT2D eigenvalue weighted by atomic mass is 16.3. The van der Waals surface area contributed by atoms with Gasteiger partial charge in [0, 0.05) is 43.9 Å². The third kappa shape index (κ3) is 5.22. The maximum Gasteiger partial charge on any atom is 0.161 e. The molecule has 0 saturated carbocycles. The maximum absolute atomic E-state index is 7.10. The van der Waals surface area contributed by atoms with Gasteiger partial charge in [-0.2, -0.15) is 0 Å². The molecule has 63 heavy (non-hydrogen) atoms. The smallest absolute Gasteiger partial charge is 0.161 e. The van der Waals surface area contributed by atoms with E-state index in [0.717, 1.165) is 72.1 Å². The summed E-state index contributed by atoms with van der Waals surface area (Å²) >= 11 is 0. The molecule has 0 spiro atoms. The number of fused-ring (bicyclic) bond motifs is 10. The number of hydrogen-bond donors (Lipinski definition) is 0. The van der Waals surface area contributed by atoms with Crippen LogP contribution in [0, 0.1) is 0 Å². The summed E-state index contributed by atoms with van der Waals surface area (Å²) in [6.45, 7) is 0. The van der Waals surface area contributed by atoms with E-state index in [9.17, 15) is 0 Å². The molecule has 0 saturated heterocycles. The van der Waals surface area contributed by atoms with Gasteiger partial charge in [-0.25, -0.2) is 9.97 Å². The Hall–Kier alpha value is -8.34. The number of hydrogen-bond acceptors (Lipinski definition) is 3. The van der Waals surface area contributed by atoms with Crippen LogP contribution in [0.2, 0.25) is 0 Å². The van der Waals surface area contributed by atoms with Crippen LogP contribution >= 0.6 is 0 Å². The van der Waals surface area contributed by atoms with E-state index in [1.807, 2.05) is 12.1 Å². The molecule has 9 aromatic carbocycles. The van der Waals surface area contributed by atoms with Crippen molar-refractivity contribution in [3.8, 4) is 50.7 Å². The van der Waals surface area contributed by atoms with E-state index < -0.39 is 5.41 Å². The third-order valence-electron chi connectivity index (χ3n) is 13.1. The van der Waals surface area contributed by atoms with Crippen LogP contribution in [0.5, 0.6) is 0 Å². The van der Waals surface area contributed by atoms with Crippen molar-refractivity contribution in [1.29, 1.82) is 0 Å². The molecule has 12 aromatic rings. The van der Waals surface area contributed by atoms with E-state index >= 15 is 0 Å². The van der Waals surface area contributed by atoms with Gasteiger partial charge in [0.25, 0.3) is 0 Å².